The van der Waals surface area contributed by atoms with Crippen molar-refractivity contribution < 1.29 is 14.4 Å². The molecule has 0 atom stereocenters. The van der Waals surface area contributed by atoms with Crippen molar-refractivity contribution in [2.24, 2.45) is 0 Å². The molecule has 28 heavy (non-hydrogen) atoms. The first-order valence-electron chi connectivity index (χ1n) is 8.86. The maximum absolute atomic E-state index is 12.4. The third-order valence-electron chi connectivity index (χ3n) is 4.07. The van der Waals surface area contributed by atoms with Crippen LogP contribution in [-0.4, -0.2) is 35.0 Å². The lowest BCUT2D eigenvalue weighted by Crippen LogP contribution is -2.36. The van der Waals surface area contributed by atoms with Gasteiger partial charge >= 0.3 is 0 Å². The SMILES string of the molecule is Cc1cccc(/C=C/C(=O)NCCN2C(=O)S/C(=C\c3ccccc3)C2=O)c1. The van der Waals surface area contributed by atoms with Gasteiger partial charge in [0.05, 0.1) is 4.91 Å². The third-order valence-corrected chi connectivity index (χ3v) is 4.98. The van der Waals surface area contributed by atoms with Crippen LogP contribution in [0.2, 0.25) is 0 Å². The minimum atomic E-state index is -0.330. The van der Waals surface area contributed by atoms with E-state index in [4.69, 9.17) is 0 Å². The molecule has 2 aromatic carbocycles. The third kappa shape index (κ3) is 5.20. The molecule has 2 aromatic rings. The van der Waals surface area contributed by atoms with Crippen molar-refractivity contribution in [1.82, 2.24) is 10.2 Å². The number of benzene rings is 2. The Hall–Kier alpha value is -3.12. The predicted molar refractivity (Wildman–Crippen MR) is 112 cm³/mol. The zero-order valence-corrected chi connectivity index (χ0v) is 16.2. The first-order chi connectivity index (χ1) is 13.5. The molecule has 6 heteroatoms. The van der Waals surface area contributed by atoms with Gasteiger partial charge in [-0.05, 0) is 42.0 Å². The van der Waals surface area contributed by atoms with Crippen molar-refractivity contribution in [1.29, 1.82) is 0 Å². The summed E-state index contributed by atoms with van der Waals surface area (Å²) in [6.45, 7) is 2.33. The van der Waals surface area contributed by atoms with Gasteiger partial charge in [-0.2, -0.15) is 0 Å². The Balaban J connectivity index is 1.52. The number of nitrogens with one attached hydrogen (secondary N) is 1. The molecule has 3 amide bonds. The number of amides is 3. The lowest BCUT2D eigenvalue weighted by atomic mass is 10.1. The quantitative estimate of drug-likeness (QED) is 0.758. The summed E-state index contributed by atoms with van der Waals surface area (Å²) in [5, 5.41) is 2.38. The Morgan fingerprint density at radius 2 is 1.82 bits per heavy atom. The van der Waals surface area contributed by atoms with Crippen molar-refractivity contribution in [2.75, 3.05) is 13.1 Å². The zero-order valence-electron chi connectivity index (χ0n) is 15.4. The van der Waals surface area contributed by atoms with E-state index >= 15 is 0 Å². The second kappa shape index (κ2) is 9.19. The molecule has 0 radical (unpaired) electrons. The minimum Gasteiger partial charge on any atom is -0.351 e. The maximum atomic E-state index is 12.4. The maximum Gasteiger partial charge on any atom is 0.293 e. The number of carbonyl (C=O) groups excluding carboxylic acids is 3. The second-order valence-electron chi connectivity index (χ2n) is 6.28. The van der Waals surface area contributed by atoms with Crippen molar-refractivity contribution in [3.05, 3.63) is 82.3 Å². The molecule has 0 aliphatic carbocycles. The Kier molecular flexibility index (Phi) is 6.45. The lowest BCUT2D eigenvalue weighted by Gasteiger charge is -2.12. The molecule has 0 spiro atoms. The van der Waals surface area contributed by atoms with Crippen LogP contribution in [0, 0.1) is 6.92 Å². The molecule has 3 rings (SSSR count). The van der Waals surface area contributed by atoms with Crippen LogP contribution in [0.1, 0.15) is 16.7 Å². The number of aryl methyl sites for hydroxylation is 1. The van der Waals surface area contributed by atoms with Gasteiger partial charge in [0, 0.05) is 19.2 Å². The molecule has 1 saturated heterocycles. The van der Waals surface area contributed by atoms with Gasteiger partial charge in [-0.25, -0.2) is 0 Å². The standard InChI is InChI=1S/C22H20N2O3S/c1-16-6-5-9-18(14-16)10-11-20(25)23-12-13-24-21(26)19(28-22(24)27)15-17-7-3-2-4-8-17/h2-11,14-15H,12-13H2,1H3,(H,23,25)/b11-10+,19-15-. The van der Waals surface area contributed by atoms with Gasteiger partial charge in [0.15, 0.2) is 0 Å². The highest BCUT2D eigenvalue weighted by molar-refractivity contribution is 8.18. The number of nitrogens with zero attached hydrogens (tertiary/aromatic N) is 1. The van der Waals surface area contributed by atoms with Crippen LogP contribution in [0.4, 0.5) is 4.79 Å². The fourth-order valence-corrected chi connectivity index (χ4v) is 3.55. The van der Waals surface area contributed by atoms with Crippen molar-refractivity contribution in [3.8, 4) is 0 Å². The second-order valence-corrected chi connectivity index (χ2v) is 7.28. The topological polar surface area (TPSA) is 66.5 Å². The summed E-state index contributed by atoms with van der Waals surface area (Å²) in [6, 6.07) is 17.2. The van der Waals surface area contributed by atoms with Crippen molar-refractivity contribution in [2.45, 2.75) is 6.92 Å². The minimum absolute atomic E-state index is 0.140. The fraction of sp³-hybridized carbons (Fsp3) is 0.136. The predicted octanol–water partition coefficient (Wildman–Crippen LogP) is 3.86. The number of hydrogen-bond donors (Lipinski definition) is 1. The van der Waals surface area contributed by atoms with E-state index in [2.05, 4.69) is 5.32 Å². The molecule has 1 heterocycles. The Morgan fingerprint density at radius 1 is 1.07 bits per heavy atom. The van der Waals surface area contributed by atoms with Crippen LogP contribution in [0.15, 0.2) is 65.6 Å². The summed E-state index contributed by atoms with van der Waals surface area (Å²) < 4.78 is 0. The van der Waals surface area contributed by atoms with Gasteiger partial charge in [0.25, 0.3) is 11.1 Å². The molecule has 0 unspecified atom stereocenters. The summed E-state index contributed by atoms with van der Waals surface area (Å²) in [4.78, 5) is 38.0. The normalized spacial score (nSPS) is 15.6. The summed E-state index contributed by atoms with van der Waals surface area (Å²) in [5.41, 5.74) is 2.92. The highest BCUT2D eigenvalue weighted by atomic mass is 32.2. The first kappa shape index (κ1) is 19.6. The van der Waals surface area contributed by atoms with Gasteiger partial charge in [-0.1, -0.05) is 60.2 Å². The average Bonchev–Trinajstić information content (AvgIpc) is 2.94. The highest BCUT2D eigenvalue weighted by Gasteiger charge is 2.34. The lowest BCUT2D eigenvalue weighted by molar-refractivity contribution is -0.123. The molecule has 1 N–H and O–H groups in total. The van der Waals surface area contributed by atoms with Crippen LogP contribution < -0.4 is 5.32 Å². The zero-order chi connectivity index (χ0) is 19.9. The van der Waals surface area contributed by atoms with E-state index in [0.29, 0.717) is 4.91 Å². The molecule has 0 aromatic heterocycles. The molecular formula is C22H20N2O3S. The monoisotopic (exact) mass is 392 g/mol. The van der Waals surface area contributed by atoms with Crippen molar-refractivity contribution >= 4 is 41.0 Å². The van der Waals surface area contributed by atoms with E-state index in [9.17, 15) is 14.4 Å². The number of rotatable bonds is 6. The van der Waals surface area contributed by atoms with Crippen LogP contribution in [0.25, 0.3) is 12.2 Å². The van der Waals surface area contributed by atoms with E-state index in [1.54, 1.807) is 12.2 Å². The van der Waals surface area contributed by atoms with Gasteiger partial charge in [-0.3, -0.25) is 19.3 Å². The first-order valence-corrected chi connectivity index (χ1v) is 9.67. The molecule has 0 bridgehead atoms. The van der Waals surface area contributed by atoms with Gasteiger partial charge in [0.2, 0.25) is 5.91 Å². The summed E-state index contributed by atoms with van der Waals surface area (Å²) in [5.74, 6) is -0.600. The Morgan fingerprint density at radius 3 is 2.57 bits per heavy atom. The summed E-state index contributed by atoms with van der Waals surface area (Å²) in [7, 11) is 0. The smallest absolute Gasteiger partial charge is 0.293 e. The van der Waals surface area contributed by atoms with E-state index < -0.39 is 0 Å². The summed E-state index contributed by atoms with van der Waals surface area (Å²) >= 11 is 0.916. The van der Waals surface area contributed by atoms with Crippen LogP contribution in [0.5, 0.6) is 0 Å². The number of carbonyl (C=O) groups is 3. The average molecular weight is 392 g/mol. The van der Waals surface area contributed by atoms with Crippen LogP contribution in [0.3, 0.4) is 0 Å². The van der Waals surface area contributed by atoms with Crippen LogP contribution in [-0.2, 0) is 9.59 Å². The Labute approximate surface area is 168 Å². The number of imide groups is 1. The van der Waals surface area contributed by atoms with E-state index in [1.165, 1.54) is 6.08 Å². The largest absolute Gasteiger partial charge is 0.351 e. The number of hydrogen-bond acceptors (Lipinski definition) is 4. The van der Waals surface area contributed by atoms with Gasteiger partial charge < -0.3 is 5.32 Å². The molecule has 1 aliphatic rings. The molecule has 1 aliphatic heterocycles. The van der Waals surface area contributed by atoms with E-state index in [-0.39, 0.29) is 30.1 Å². The molecule has 0 saturated carbocycles. The molecular weight excluding hydrogens is 372 g/mol. The van der Waals surface area contributed by atoms with Gasteiger partial charge in [0.1, 0.15) is 0 Å². The molecule has 142 valence electrons. The fourth-order valence-electron chi connectivity index (χ4n) is 2.69. The van der Waals surface area contributed by atoms with Crippen LogP contribution >= 0.6 is 11.8 Å². The van der Waals surface area contributed by atoms with Gasteiger partial charge in [-0.15, -0.1) is 0 Å². The van der Waals surface area contributed by atoms with E-state index in [0.717, 1.165) is 33.4 Å². The number of thioether (sulfide) groups is 1. The Bertz CT molecular complexity index is 951. The highest BCUT2D eigenvalue weighted by Crippen LogP contribution is 2.31. The van der Waals surface area contributed by atoms with Crippen molar-refractivity contribution in [3.63, 3.8) is 0 Å². The summed E-state index contributed by atoms with van der Waals surface area (Å²) in [6.07, 6.45) is 4.87. The molecule has 1 fully saturated rings. The van der Waals surface area contributed by atoms with E-state index in [1.807, 2.05) is 61.5 Å². The molecule has 5 nitrogen and oxygen atoms in total.